The highest BCUT2D eigenvalue weighted by molar-refractivity contribution is 7.99. The van der Waals surface area contributed by atoms with Gasteiger partial charge in [-0.15, -0.1) is 0 Å². The van der Waals surface area contributed by atoms with Crippen molar-refractivity contribution in [2.24, 2.45) is 11.5 Å². The number of hydrogen-bond acceptors (Lipinski definition) is 9. The molecule has 0 aliphatic rings. The number of aryl methyl sites for hydroxylation is 2. The fourth-order valence-electron chi connectivity index (χ4n) is 8.76. The molecule has 0 unspecified atom stereocenters. The number of primary amides is 2. The number of hydrogen-bond donors (Lipinski definition) is 4. The number of carbonyl (C=O) groups is 6. The SMILES string of the molecule is Cc1c(C(=O)C(N)=O)c2c(OCC(=O)O)cccc2n1CCCCCCCCCCCCSCCCCCCCCCCCCn1c(C)c(C(=O)C(N)=O)c2c(OCC(=O)O)cccc21. The van der Waals surface area contributed by atoms with Crippen molar-refractivity contribution in [2.45, 2.75) is 155 Å². The maximum absolute atomic E-state index is 12.8. The molecule has 2 heterocycles. The van der Waals surface area contributed by atoms with E-state index in [0.29, 0.717) is 35.2 Å². The van der Waals surface area contributed by atoms with Crippen molar-refractivity contribution in [3.8, 4) is 11.5 Å². The maximum Gasteiger partial charge on any atom is 0.341 e. The smallest absolute Gasteiger partial charge is 0.341 e. The molecule has 15 heteroatoms. The molecule has 2 aromatic carbocycles. The first-order valence-corrected chi connectivity index (χ1v) is 24.7. The number of unbranched alkanes of at least 4 members (excludes halogenated alkanes) is 18. The lowest BCUT2D eigenvalue weighted by Crippen LogP contribution is -2.24. The molecule has 4 aromatic rings. The number of ether oxygens (including phenoxy) is 2. The molecule has 356 valence electrons. The zero-order chi connectivity index (χ0) is 47.1. The number of rotatable bonds is 36. The van der Waals surface area contributed by atoms with Crippen LogP contribution in [0.4, 0.5) is 0 Å². The molecule has 0 fully saturated rings. The van der Waals surface area contributed by atoms with Gasteiger partial charge in [0.05, 0.1) is 32.9 Å². The van der Waals surface area contributed by atoms with Crippen LogP contribution in [0.3, 0.4) is 0 Å². The predicted octanol–water partition coefficient (Wildman–Crippen LogP) is 9.71. The number of benzene rings is 2. The van der Waals surface area contributed by atoms with Crippen molar-refractivity contribution < 1.29 is 48.5 Å². The molecule has 0 saturated carbocycles. The van der Waals surface area contributed by atoms with Gasteiger partial charge in [0.25, 0.3) is 23.4 Å². The Labute approximate surface area is 387 Å². The van der Waals surface area contributed by atoms with E-state index < -0.39 is 48.5 Å². The molecule has 0 bridgehead atoms. The third-order valence-corrected chi connectivity index (χ3v) is 13.2. The Morgan fingerprint density at radius 1 is 0.492 bits per heavy atom. The van der Waals surface area contributed by atoms with Crippen LogP contribution in [-0.2, 0) is 32.3 Å². The van der Waals surface area contributed by atoms with Crippen molar-refractivity contribution in [1.82, 2.24) is 9.13 Å². The highest BCUT2D eigenvalue weighted by Gasteiger charge is 2.27. The zero-order valence-electron chi connectivity index (χ0n) is 38.5. The molecule has 0 spiro atoms. The summed E-state index contributed by atoms with van der Waals surface area (Å²) in [6, 6.07) is 10.4. The predicted molar refractivity (Wildman–Crippen MR) is 256 cm³/mol. The third kappa shape index (κ3) is 16.0. The average molecular weight is 919 g/mol. The van der Waals surface area contributed by atoms with Crippen LogP contribution in [0.15, 0.2) is 36.4 Å². The first kappa shape index (κ1) is 52.3. The summed E-state index contributed by atoms with van der Waals surface area (Å²) in [7, 11) is 0. The van der Waals surface area contributed by atoms with Gasteiger partial charge in [-0.05, 0) is 75.3 Å². The number of ketones is 2. The molecule has 0 atom stereocenters. The van der Waals surface area contributed by atoms with Crippen LogP contribution in [0.25, 0.3) is 21.8 Å². The summed E-state index contributed by atoms with van der Waals surface area (Å²) in [6.45, 7) is 3.80. The summed E-state index contributed by atoms with van der Waals surface area (Å²) in [5.41, 5.74) is 13.8. The Bertz CT molecular complexity index is 2070. The van der Waals surface area contributed by atoms with Gasteiger partial charge in [-0.3, -0.25) is 19.2 Å². The quantitative estimate of drug-likeness (QED) is 0.0191. The second kappa shape index (κ2) is 27.9. The lowest BCUT2D eigenvalue weighted by Gasteiger charge is -2.09. The molecule has 6 N–H and O–H groups in total. The number of thioether (sulfide) groups is 1. The van der Waals surface area contributed by atoms with E-state index in [-0.39, 0.29) is 22.6 Å². The number of carbonyl (C=O) groups excluding carboxylic acids is 4. The number of nitrogens with two attached hydrogens (primary N) is 2. The van der Waals surface area contributed by atoms with E-state index in [4.69, 9.17) is 31.2 Å². The van der Waals surface area contributed by atoms with Gasteiger partial charge >= 0.3 is 11.9 Å². The molecular weight excluding hydrogens is 849 g/mol. The Balaban J connectivity index is 0.962. The van der Waals surface area contributed by atoms with E-state index >= 15 is 0 Å². The minimum absolute atomic E-state index is 0.179. The minimum Gasteiger partial charge on any atom is -0.481 e. The van der Waals surface area contributed by atoms with Gasteiger partial charge < -0.3 is 40.3 Å². The molecule has 2 amide bonds. The van der Waals surface area contributed by atoms with E-state index in [2.05, 4.69) is 11.8 Å². The molecular formula is C50H70N4O10S. The topological polar surface area (TPSA) is 223 Å². The van der Waals surface area contributed by atoms with Gasteiger partial charge in [0.1, 0.15) is 11.5 Å². The normalized spacial score (nSPS) is 11.4. The van der Waals surface area contributed by atoms with Crippen molar-refractivity contribution in [3.63, 3.8) is 0 Å². The number of nitrogens with zero attached hydrogens (tertiary/aromatic N) is 2. The zero-order valence-corrected chi connectivity index (χ0v) is 39.3. The second-order valence-corrected chi connectivity index (χ2v) is 18.2. The summed E-state index contributed by atoms with van der Waals surface area (Å²) in [6.07, 6.45) is 24.0. The summed E-state index contributed by atoms with van der Waals surface area (Å²) in [4.78, 5) is 71.5. The fraction of sp³-hybridized carbons (Fsp3) is 0.560. The van der Waals surface area contributed by atoms with Gasteiger partial charge in [0.2, 0.25) is 0 Å². The largest absolute Gasteiger partial charge is 0.481 e. The maximum atomic E-state index is 12.8. The second-order valence-electron chi connectivity index (χ2n) is 17.0. The van der Waals surface area contributed by atoms with Crippen LogP contribution >= 0.6 is 11.8 Å². The number of aliphatic carboxylic acids is 2. The van der Waals surface area contributed by atoms with Crippen LogP contribution in [0.5, 0.6) is 11.5 Å². The van der Waals surface area contributed by atoms with Gasteiger partial charge in [0, 0.05) is 24.5 Å². The minimum atomic E-state index is -1.13. The van der Waals surface area contributed by atoms with Crippen molar-refractivity contribution in [2.75, 3.05) is 24.7 Å². The van der Waals surface area contributed by atoms with Crippen molar-refractivity contribution >= 4 is 68.9 Å². The summed E-state index contributed by atoms with van der Waals surface area (Å²) < 4.78 is 14.9. The van der Waals surface area contributed by atoms with Crippen LogP contribution < -0.4 is 20.9 Å². The Hall–Kier alpha value is -5.31. The Morgan fingerprint density at radius 2 is 0.800 bits per heavy atom. The summed E-state index contributed by atoms with van der Waals surface area (Å²) in [5.74, 6) is -3.00. The highest BCUT2D eigenvalue weighted by Crippen LogP contribution is 2.36. The van der Waals surface area contributed by atoms with Crippen molar-refractivity contribution in [3.05, 3.63) is 58.9 Å². The molecule has 65 heavy (non-hydrogen) atoms. The molecule has 0 aliphatic heterocycles. The van der Waals surface area contributed by atoms with E-state index in [9.17, 15) is 28.8 Å². The average Bonchev–Trinajstić information content (AvgIpc) is 3.72. The molecule has 0 aliphatic carbocycles. The summed E-state index contributed by atoms with van der Waals surface area (Å²) >= 11 is 2.09. The van der Waals surface area contributed by atoms with E-state index in [1.54, 1.807) is 38.1 Å². The Kier molecular flexibility index (Phi) is 22.4. The molecule has 0 radical (unpaired) electrons. The molecule has 4 rings (SSSR count). The lowest BCUT2D eigenvalue weighted by atomic mass is 10.1. The number of amides is 2. The third-order valence-electron chi connectivity index (χ3n) is 12.1. The Morgan fingerprint density at radius 3 is 1.11 bits per heavy atom. The first-order valence-electron chi connectivity index (χ1n) is 23.5. The molecule has 0 saturated heterocycles. The van der Waals surface area contributed by atoms with Crippen LogP contribution in [0.2, 0.25) is 0 Å². The van der Waals surface area contributed by atoms with E-state index in [0.717, 1.165) is 49.6 Å². The molecule has 2 aromatic heterocycles. The monoisotopic (exact) mass is 918 g/mol. The number of carboxylic acid groups (broad SMARTS) is 2. The first-order chi connectivity index (χ1) is 31.3. The van der Waals surface area contributed by atoms with E-state index in [1.807, 2.05) is 21.3 Å². The summed E-state index contributed by atoms with van der Waals surface area (Å²) in [5, 5.41) is 19.0. The van der Waals surface area contributed by atoms with E-state index in [1.165, 1.54) is 101 Å². The standard InChI is InChI=1S/C50H70N4O10S/c1-35-43(47(59)49(51)61)45-37(25-23-27-39(45)63-33-41(55)56)53(35)29-19-15-11-7-3-5-9-13-17-21-31-65-32-22-18-14-10-6-4-8-12-16-20-30-54-36(2)44(48(60)50(52)62)46-38(54)26-24-28-40(46)64-34-42(57)58/h23-28H,3-22,29-34H2,1-2H3,(H2,51,61)(H2,52,62)(H,55,56)(H,57,58). The fourth-order valence-corrected chi connectivity index (χ4v) is 9.78. The van der Waals surface area contributed by atoms with Crippen molar-refractivity contribution in [1.29, 1.82) is 0 Å². The van der Waals surface area contributed by atoms with Gasteiger partial charge in [-0.2, -0.15) is 11.8 Å². The van der Waals surface area contributed by atoms with Gasteiger partial charge in [-0.25, -0.2) is 9.59 Å². The van der Waals surface area contributed by atoms with Crippen LogP contribution in [0.1, 0.15) is 161 Å². The van der Waals surface area contributed by atoms with Gasteiger partial charge in [0.15, 0.2) is 13.2 Å². The number of Topliss-reactive ketones (excluding diaryl/α,β-unsaturated/α-hetero) is 2. The number of carboxylic acids is 2. The highest BCUT2D eigenvalue weighted by atomic mass is 32.2. The van der Waals surface area contributed by atoms with Crippen LogP contribution in [-0.4, -0.2) is 79.4 Å². The molecule has 14 nitrogen and oxygen atoms in total. The van der Waals surface area contributed by atoms with Crippen LogP contribution in [0, 0.1) is 13.8 Å². The lowest BCUT2D eigenvalue weighted by molar-refractivity contribution is -0.140. The number of aromatic nitrogens is 2. The van der Waals surface area contributed by atoms with Gasteiger partial charge in [-0.1, -0.05) is 115 Å². The number of fused-ring (bicyclic) bond motifs is 2.